The van der Waals surface area contributed by atoms with Crippen LogP contribution in [0, 0.1) is 0 Å². The van der Waals surface area contributed by atoms with Crippen LogP contribution in [0.5, 0.6) is 5.75 Å². The Hall–Kier alpha value is -1.32. The highest BCUT2D eigenvalue weighted by molar-refractivity contribution is 9.10. The molecule has 0 unspecified atom stereocenters. The first kappa shape index (κ1) is 16.1. The number of benzene rings is 2. The highest BCUT2D eigenvalue weighted by Crippen LogP contribution is 2.32. The van der Waals surface area contributed by atoms with Crippen molar-refractivity contribution in [1.29, 1.82) is 0 Å². The highest BCUT2D eigenvalue weighted by atomic mass is 79.9. The largest absolute Gasteiger partial charge is 0.422 e. The SMILES string of the molecule is CC(C)(C)c1ccc(OC(=O)c2ccccc2Cl)c(Br)c1. The molecule has 0 saturated carbocycles. The third-order valence-electron chi connectivity index (χ3n) is 3.09. The summed E-state index contributed by atoms with van der Waals surface area (Å²) in [7, 11) is 0. The van der Waals surface area contributed by atoms with Gasteiger partial charge in [0.05, 0.1) is 15.1 Å². The summed E-state index contributed by atoms with van der Waals surface area (Å²) in [5.74, 6) is 0.0118. The van der Waals surface area contributed by atoms with Gasteiger partial charge >= 0.3 is 5.97 Å². The van der Waals surface area contributed by atoms with Crippen LogP contribution >= 0.6 is 27.5 Å². The van der Waals surface area contributed by atoms with Gasteiger partial charge in [0.1, 0.15) is 5.75 Å². The van der Waals surface area contributed by atoms with Crippen LogP contribution in [-0.2, 0) is 5.41 Å². The van der Waals surface area contributed by atoms with Gasteiger partial charge in [0.2, 0.25) is 0 Å². The van der Waals surface area contributed by atoms with Crippen molar-refractivity contribution >= 4 is 33.5 Å². The molecule has 0 aliphatic rings. The first-order chi connectivity index (χ1) is 9.79. The summed E-state index contributed by atoms with van der Waals surface area (Å²) in [6.45, 7) is 6.39. The summed E-state index contributed by atoms with van der Waals surface area (Å²) in [5.41, 5.74) is 1.55. The quantitative estimate of drug-likeness (QED) is 0.508. The minimum Gasteiger partial charge on any atom is -0.422 e. The summed E-state index contributed by atoms with van der Waals surface area (Å²) < 4.78 is 6.16. The van der Waals surface area contributed by atoms with Gasteiger partial charge < -0.3 is 4.74 Å². The lowest BCUT2D eigenvalue weighted by Gasteiger charge is -2.20. The van der Waals surface area contributed by atoms with Crippen molar-refractivity contribution in [3.05, 3.63) is 63.1 Å². The molecular formula is C17H16BrClO2. The van der Waals surface area contributed by atoms with Crippen molar-refractivity contribution in [2.75, 3.05) is 0 Å². The molecule has 0 heterocycles. The van der Waals surface area contributed by atoms with Crippen molar-refractivity contribution in [2.45, 2.75) is 26.2 Å². The molecule has 110 valence electrons. The standard InChI is InChI=1S/C17H16BrClO2/c1-17(2,3)11-8-9-15(13(18)10-11)21-16(20)12-6-4-5-7-14(12)19/h4-10H,1-3H3. The van der Waals surface area contributed by atoms with E-state index in [0.29, 0.717) is 16.3 Å². The molecule has 2 nitrogen and oxygen atoms in total. The van der Waals surface area contributed by atoms with Gasteiger partial charge in [-0.15, -0.1) is 0 Å². The number of hydrogen-bond donors (Lipinski definition) is 0. The van der Waals surface area contributed by atoms with Crippen LogP contribution in [0.2, 0.25) is 5.02 Å². The Labute approximate surface area is 138 Å². The molecule has 2 aromatic carbocycles. The van der Waals surface area contributed by atoms with Crippen LogP contribution in [-0.4, -0.2) is 5.97 Å². The van der Waals surface area contributed by atoms with E-state index in [1.807, 2.05) is 12.1 Å². The minimum absolute atomic E-state index is 0.0355. The van der Waals surface area contributed by atoms with Crippen LogP contribution in [0.15, 0.2) is 46.9 Å². The van der Waals surface area contributed by atoms with E-state index < -0.39 is 5.97 Å². The lowest BCUT2D eigenvalue weighted by atomic mass is 9.87. The van der Waals surface area contributed by atoms with E-state index in [9.17, 15) is 4.79 Å². The minimum atomic E-state index is -0.468. The molecule has 0 aliphatic carbocycles. The summed E-state index contributed by atoms with van der Waals surface area (Å²) in [5, 5.41) is 0.380. The Morgan fingerprint density at radius 2 is 1.81 bits per heavy atom. The van der Waals surface area contributed by atoms with E-state index in [-0.39, 0.29) is 5.41 Å². The van der Waals surface area contributed by atoms with E-state index in [0.717, 1.165) is 10.0 Å². The van der Waals surface area contributed by atoms with Crippen molar-refractivity contribution in [3.8, 4) is 5.75 Å². The molecule has 0 amide bonds. The maximum Gasteiger partial charge on any atom is 0.345 e. The fourth-order valence-electron chi connectivity index (χ4n) is 1.83. The first-order valence-electron chi connectivity index (χ1n) is 6.56. The van der Waals surface area contributed by atoms with Gasteiger partial charge in [0, 0.05) is 0 Å². The van der Waals surface area contributed by atoms with Crippen LogP contribution in [0.1, 0.15) is 36.7 Å². The molecule has 0 aromatic heterocycles. The third-order valence-corrected chi connectivity index (χ3v) is 4.04. The Kier molecular flexibility index (Phi) is 4.74. The van der Waals surface area contributed by atoms with Gasteiger partial charge in [-0.2, -0.15) is 0 Å². The average Bonchev–Trinajstić information content (AvgIpc) is 2.40. The second-order valence-corrected chi connectivity index (χ2v) is 7.03. The third kappa shape index (κ3) is 3.86. The smallest absolute Gasteiger partial charge is 0.345 e. The number of halogens is 2. The molecule has 0 spiro atoms. The van der Waals surface area contributed by atoms with Gasteiger partial charge in [-0.3, -0.25) is 0 Å². The van der Waals surface area contributed by atoms with Crippen molar-refractivity contribution in [3.63, 3.8) is 0 Å². The zero-order valence-corrected chi connectivity index (χ0v) is 14.5. The van der Waals surface area contributed by atoms with E-state index in [4.69, 9.17) is 16.3 Å². The van der Waals surface area contributed by atoms with E-state index >= 15 is 0 Å². The number of hydrogen-bond acceptors (Lipinski definition) is 2. The fraction of sp³-hybridized carbons (Fsp3) is 0.235. The average molecular weight is 368 g/mol. The molecule has 4 heteroatoms. The zero-order valence-electron chi connectivity index (χ0n) is 12.1. The molecule has 2 aromatic rings. The topological polar surface area (TPSA) is 26.3 Å². The van der Waals surface area contributed by atoms with Gasteiger partial charge in [-0.25, -0.2) is 4.79 Å². The molecule has 0 N–H and O–H groups in total. The molecule has 0 aliphatic heterocycles. The molecular weight excluding hydrogens is 352 g/mol. The van der Waals surface area contributed by atoms with E-state index in [1.165, 1.54) is 0 Å². The van der Waals surface area contributed by atoms with Gasteiger partial charge in [-0.1, -0.05) is 50.6 Å². The molecule has 21 heavy (non-hydrogen) atoms. The van der Waals surface area contributed by atoms with E-state index in [2.05, 4.69) is 36.7 Å². The summed E-state index contributed by atoms with van der Waals surface area (Å²) >= 11 is 9.45. The van der Waals surface area contributed by atoms with Crippen LogP contribution in [0.25, 0.3) is 0 Å². The summed E-state index contributed by atoms with van der Waals surface area (Å²) in [4.78, 5) is 12.1. The monoisotopic (exact) mass is 366 g/mol. The number of rotatable bonds is 2. The lowest BCUT2D eigenvalue weighted by molar-refractivity contribution is 0.0733. The molecule has 0 fully saturated rings. The molecule has 0 saturated heterocycles. The Morgan fingerprint density at radius 1 is 1.14 bits per heavy atom. The maximum atomic E-state index is 12.1. The van der Waals surface area contributed by atoms with Crippen LogP contribution in [0.3, 0.4) is 0 Å². The number of esters is 1. The second-order valence-electron chi connectivity index (χ2n) is 5.76. The Balaban J connectivity index is 2.25. The maximum absolute atomic E-state index is 12.1. The molecule has 0 bridgehead atoms. The molecule has 0 atom stereocenters. The molecule has 2 rings (SSSR count). The predicted octanol–water partition coefficient (Wildman–Crippen LogP) is 5.62. The number of carbonyl (C=O) groups is 1. The summed E-state index contributed by atoms with van der Waals surface area (Å²) in [6, 6.07) is 12.5. The Bertz CT molecular complexity index is 675. The van der Waals surface area contributed by atoms with Gasteiger partial charge in [-0.05, 0) is 51.2 Å². The Morgan fingerprint density at radius 3 is 2.38 bits per heavy atom. The first-order valence-corrected chi connectivity index (χ1v) is 7.73. The van der Waals surface area contributed by atoms with Crippen molar-refractivity contribution < 1.29 is 9.53 Å². The van der Waals surface area contributed by atoms with Gasteiger partial charge in [0.25, 0.3) is 0 Å². The summed E-state index contributed by atoms with van der Waals surface area (Å²) in [6.07, 6.45) is 0. The van der Waals surface area contributed by atoms with Crippen molar-refractivity contribution in [1.82, 2.24) is 0 Å². The number of carbonyl (C=O) groups excluding carboxylic acids is 1. The van der Waals surface area contributed by atoms with Crippen LogP contribution < -0.4 is 4.74 Å². The van der Waals surface area contributed by atoms with Gasteiger partial charge in [0.15, 0.2) is 0 Å². The zero-order chi connectivity index (χ0) is 15.6. The van der Waals surface area contributed by atoms with E-state index in [1.54, 1.807) is 30.3 Å². The van der Waals surface area contributed by atoms with Crippen molar-refractivity contribution in [2.24, 2.45) is 0 Å². The molecule has 0 radical (unpaired) electrons. The fourth-order valence-corrected chi connectivity index (χ4v) is 2.50. The second kappa shape index (κ2) is 6.20. The lowest BCUT2D eigenvalue weighted by Crippen LogP contribution is -2.12. The highest BCUT2D eigenvalue weighted by Gasteiger charge is 2.17. The van der Waals surface area contributed by atoms with Crippen LogP contribution in [0.4, 0.5) is 0 Å². The predicted molar refractivity (Wildman–Crippen MR) is 89.3 cm³/mol. The number of ether oxygens (including phenoxy) is 1. The normalized spacial score (nSPS) is 11.3.